The second-order valence-corrected chi connectivity index (χ2v) is 4.83. The van der Waals surface area contributed by atoms with E-state index in [9.17, 15) is 14.0 Å². The van der Waals surface area contributed by atoms with Crippen LogP contribution < -0.4 is 5.56 Å². The molecule has 1 heterocycles. The molecule has 0 radical (unpaired) electrons. The van der Waals surface area contributed by atoms with Gasteiger partial charge in [0, 0.05) is 12.6 Å². The average molecular weight is 314 g/mol. The fourth-order valence-electron chi connectivity index (χ4n) is 2.06. The van der Waals surface area contributed by atoms with Crippen LogP contribution in [-0.4, -0.2) is 33.7 Å². The Kier molecular flexibility index (Phi) is 5.20. The second kappa shape index (κ2) is 7.31. The molecule has 23 heavy (non-hydrogen) atoms. The van der Waals surface area contributed by atoms with Crippen LogP contribution in [0.2, 0.25) is 0 Å². The number of amides is 1. The van der Waals surface area contributed by atoms with Crippen molar-refractivity contribution < 1.29 is 9.18 Å². The van der Waals surface area contributed by atoms with E-state index < -0.39 is 17.3 Å². The van der Waals surface area contributed by atoms with Gasteiger partial charge in [0.15, 0.2) is 0 Å². The zero-order chi connectivity index (χ0) is 16.8. The standard InChI is InChI=1S/C16H15FN4O2/c1-2-10-20(11-9-18)16(23)14-7-8-15(22)21(19-14)13-5-3-12(17)4-6-13/h3-8H,2,10-11H2,1H3. The number of nitriles is 1. The van der Waals surface area contributed by atoms with E-state index in [1.807, 2.05) is 13.0 Å². The molecule has 0 unspecified atom stereocenters. The fourth-order valence-corrected chi connectivity index (χ4v) is 2.06. The highest BCUT2D eigenvalue weighted by Crippen LogP contribution is 2.07. The van der Waals surface area contributed by atoms with E-state index in [1.165, 1.54) is 41.3 Å². The van der Waals surface area contributed by atoms with Crippen molar-refractivity contribution in [3.63, 3.8) is 0 Å². The summed E-state index contributed by atoms with van der Waals surface area (Å²) in [6.45, 7) is 2.26. The van der Waals surface area contributed by atoms with E-state index in [0.29, 0.717) is 18.7 Å². The van der Waals surface area contributed by atoms with Crippen molar-refractivity contribution >= 4 is 5.91 Å². The Labute approximate surface area is 132 Å². The highest BCUT2D eigenvalue weighted by Gasteiger charge is 2.17. The van der Waals surface area contributed by atoms with E-state index in [2.05, 4.69) is 5.10 Å². The SMILES string of the molecule is CCCN(CC#N)C(=O)c1ccc(=O)n(-c2ccc(F)cc2)n1. The minimum absolute atomic E-state index is 0.0516. The molecule has 0 aliphatic rings. The van der Waals surface area contributed by atoms with Crippen molar-refractivity contribution in [2.45, 2.75) is 13.3 Å². The first-order valence-corrected chi connectivity index (χ1v) is 7.09. The van der Waals surface area contributed by atoms with Crippen LogP contribution in [0, 0.1) is 17.1 Å². The predicted molar refractivity (Wildman–Crippen MR) is 81.6 cm³/mol. The molecule has 0 saturated carbocycles. The van der Waals surface area contributed by atoms with Gasteiger partial charge in [0.2, 0.25) is 0 Å². The first kappa shape index (κ1) is 16.4. The summed E-state index contributed by atoms with van der Waals surface area (Å²) in [5, 5.41) is 12.8. The maximum Gasteiger partial charge on any atom is 0.275 e. The van der Waals surface area contributed by atoms with Crippen LogP contribution in [0.4, 0.5) is 4.39 Å². The van der Waals surface area contributed by atoms with E-state index in [0.717, 1.165) is 4.68 Å². The van der Waals surface area contributed by atoms with Crippen LogP contribution >= 0.6 is 0 Å². The molecule has 1 amide bonds. The highest BCUT2D eigenvalue weighted by atomic mass is 19.1. The summed E-state index contributed by atoms with van der Waals surface area (Å²) in [6, 6.07) is 9.69. The van der Waals surface area contributed by atoms with Gasteiger partial charge in [0.1, 0.15) is 18.1 Å². The van der Waals surface area contributed by atoms with E-state index in [1.54, 1.807) is 0 Å². The molecule has 118 valence electrons. The summed E-state index contributed by atoms with van der Waals surface area (Å²) in [7, 11) is 0. The van der Waals surface area contributed by atoms with Crippen molar-refractivity contribution in [2.75, 3.05) is 13.1 Å². The average Bonchev–Trinajstić information content (AvgIpc) is 2.55. The number of hydrogen-bond acceptors (Lipinski definition) is 4. The van der Waals surface area contributed by atoms with Crippen LogP contribution in [0.5, 0.6) is 0 Å². The van der Waals surface area contributed by atoms with Gasteiger partial charge >= 0.3 is 0 Å². The summed E-state index contributed by atoms with van der Waals surface area (Å²) < 4.78 is 14.0. The zero-order valence-electron chi connectivity index (χ0n) is 12.6. The largest absolute Gasteiger partial charge is 0.324 e. The quantitative estimate of drug-likeness (QED) is 0.788. The van der Waals surface area contributed by atoms with E-state index >= 15 is 0 Å². The van der Waals surface area contributed by atoms with Gasteiger partial charge in [0.25, 0.3) is 11.5 Å². The third-order valence-electron chi connectivity index (χ3n) is 3.13. The monoisotopic (exact) mass is 314 g/mol. The lowest BCUT2D eigenvalue weighted by atomic mass is 10.3. The highest BCUT2D eigenvalue weighted by molar-refractivity contribution is 5.92. The predicted octanol–water partition coefficient (Wildman–Crippen LogP) is 1.75. The Balaban J connectivity index is 2.40. The molecule has 0 spiro atoms. The number of carbonyl (C=O) groups excluding carboxylic acids is 1. The Bertz CT molecular complexity index is 793. The van der Waals surface area contributed by atoms with E-state index in [4.69, 9.17) is 5.26 Å². The summed E-state index contributed by atoms with van der Waals surface area (Å²) in [5.74, 6) is -0.860. The van der Waals surface area contributed by atoms with Gasteiger partial charge in [-0.2, -0.15) is 15.0 Å². The van der Waals surface area contributed by atoms with Crippen LogP contribution in [0.25, 0.3) is 5.69 Å². The van der Waals surface area contributed by atoms with Crippen molar-refractivity contribution in [2.24, 2.45) is 0 Å². The number of nitrogens with zero attached hydrogens (tertiary/aromatic N) is 4. The molecule has 1 aromatic carbocycles. The third kappa shape index (κ3) is 3.80. The van der Waals surface area contributed by atoms with Gasteiger partial charge < -0.3 is 4.90 Å². The molecule has 0 saturated heterocycles. The summed E-state index contributed by atoms with van der Waals surface area (Å²) in [4.78, 5) is 25.7. The molecule has 0 N–H and O–H groups in total. The Morgan fingerprint density at radius 3 is 2.61 bits per heavy atom. The normalized spacial score (nSPS) is 10.1. The molecule has 7 heteroatoms. The second-order valence-electron chi connectivity index (χ2n) is 4.83. The van der Waals surface area contributed by atoms with Crippen molar-refractivity contribution in [1.82, 2.24) is 14.7 Å². The number of halogens is 1. The van der Waals surface area contributed by atoms with Crippen LogP contribution in [0.15, 0.2) is 41.2 Å². The lowest BCUT2D eigenvalue weighted by Gasteiger charge is -2.18. The van der Waals surface area contributed by atoms with E-state index in [-0.39, 0.29) is 12.2 Å². The van der Waals surface area contributed by atoms with Gasteiger partial charge in [0.05, 0.1) is 11.8 Å². The molecule has 2 rings (SSSR count). The lowest BCUT2D eigenvalue weighted by Crippen LogP contribution is -2.34. The Morgan fingerprint density at radius 2 is 2.00 bits per heavy atom. The summed E-state index contributed by atoms with van der Waals surface area (Å²) in [5.41, 5.74) is -0.0264. The molecule has 0 fully saturated rings. The minimum atomic E-state index is -0.435. The maximum atomic E-state index is 13.0. The first-order chi connectivity index (χ1) is 11.1. The Morgan fingerprint density at radius 1 is 1.30 bits per heavy atom. The number of benzene rings is 1. The molecule has 0 bridgehead atoms. The maximum absolute atomic E-state index is 13.0. The number of carbonyl (C=O) groups is 1. The molecular formula is C16H15FN4O2. The topological polar surface area (TPSA) is 79.0 Å². The molecule has 6 nitrogen and oxygen atoms in total. The van der Waals surface area contributed by atoms with Gasteiger partial charge in [-0.05, 0) is 36.8 Å². The lowest BCUT2D eigenvalue weighted by molar-refractivity contribution is 0.0768. The van der Waals surface area contributed by atoms with Gasteiger partial charge in [-0.25, -0.2) is 4.39 Å². The summed E-state index contributed by atoms with van der Waals surface area (Å²) in [6.07, 6.45) is 0.699. The van der Waals surface area contributed by atoms with Crippen LogP contribution in [0.1, 0.15) is 23.8 Å². The van der Waals surface area contributed by atoms with Gasteiger partial charge in [-0.15, -0.1) is 0 Å². The fraction of sp³-hybridized carbons (Fsp3) is 0.250. The molecule has 2 aromatic rings. The molecular weight excluding hydrogens is 299 g/mol. The van der Waals surface area contributed by atoms with Crippen molar-refractivity contribution in [3.8, 4) is 11.8 Å². The Hall–Kier alpha value is -3.01. The van der Waals surface area contributed by atoms with Crippen molar-refractivity contribution in [3.05, 3.63) is 58.3 Å². The smallest absolute Gasteiger partial charge is 0.275 e. The van der Waals surface area contributed by atoms with Crippen LogP contribution in [0.3, 0.4) is 0 Å². The van der Waals surface area contributed by atoms with Gasteiger partial charge in [-0.1, -0.05) is 6.92 Å². The molecule has 0 aliphatic carbocycles. The molecule has 0 aliphatic heterocycles. The number of aromatic nitrogens is 2. The minimum Gasteiger partial charge on any atom is -0.324 e. The third-order valence-corrected chi connectivity index (χ3v) is 3.13. The van der Waals surface area contributed by atoms with Gasteiger partial charge in [-0.3, -0.25) is 9.59 Å². The summed E-state index contributed by atoms with van der Waals surface area (Å²) >= 11 is 0. The van der Waals surface area contributed by atoms with Crippen LogP contribution in [-0.2, 0) is 0 Å². The number of hydrogen-bond donors (Lipinski definition) is 0. The first-order valence-electron chi connectivity index (χ1n) is 7.09. The number of rotatable bonds is 5. The zero-order valence-corrected chi connectivity index (χ0v) is 12.6. The van der Waals surface area contributed by atoms with Crippen molar-refractivity contribution in [1.29, 1.82) is 5.26 Å². The molecule has 0 atom stereocenters. The molecule has 1 aromatic heterocycles.